The largest absolute Gasteiger partial charge is 0.493 e. The molecule has 3 rings (SSSR count). The molecule has 23 heavy (non-hydrogen) atoms. The van der Waals surface area contributed by atoms with Gasteiger partial charge in [-0.1, -0.05) is 24.3 Å². The van der Waals surface area contributed by atoms with Crippen LogP contribution in [0.2, 0.25) is 0 Å². The molecule has 0 N–H and O–H groups in total. The van der Waals surface area contributed by atoms with Crippen LogP contribution in [0, 0.1) is 0 Å². The average molecular weight is 367 g/mol. The standard InChI is InChI=1S/C17H15ClO3S2/c1-20-13-7-6-11(8-14(13)21-16(19)9-18)17-22-10-12-4-2-3-5-15(12)23-17/h2-8,17H,9-10H2,1H3. The van der Waals surface area contributed by atoms with E-state index in [9.17, 15) is 4.79 Å². The van der Waals surface area contributed by atoms with Gasteiger partial charge in [-0.15, -0.1) is 35.1 Å². The van der Waals surface area contributed by atoms with E-state index in [1.807, 2.05) is 41.7 Å². The quantitative estimate of drug-likeness (QED) is 0.438. The Bertz CT molecular complexity index is 721. The lowest BCUT2D eigenvalue weighted by molar-refractivity contribution is -0.131. The number of rotatable bonds is 4. The van der Waals surface area contributed by atoms with Crippen LogP contribution < -0.4 is 9.47 Å². The first kappa shape index (κ1) is 16.6. The minimum absolute atomic E-state index is 0.187. The summed E-state index contributed by atoms with van der Waals surface area (Å²) in [4.78, 5) is 12.8. The zero-order chi connectivity index (χ0) is 16.2. The van der Waals surface area contributed by atoms with E-state index in [4.69, 9.17) is 21.1 Å². The fourth-order valence-corrected chi connectivity index (χ4v) is 5.10. The highest BCUT2D eigenvalue weighted by Gasteiger charge is 2.22. The van der Waals surface area contributed by atoms with Gasteiger partial charge in [0.1, 0.15) is 5.88 Å². The zero-order valence-electron chi connectivity index (χ0n) is 12.5. The summed E-state index contributed by atoms with van der Waals surface area (Å²) in [6, 6.07) is 14.1. The summed E-state index contributed by atoms with van der Waals surface area (Å²) in [7, 11) is 1.55. The van der Waals surface area contributed by atoms with Gasteiger partial charge in [-0.25, -0.2) is 0 Å². The predicted molar refractivity (Wildman–Crippen MR) is 95.7 cm³/mol. The van der Waals surface area contributed by atoms with Gasteiger partial charge in [0.15, 0.2) is 11.5 Å². The number of benzene rings is 2. The van der Waals surface area contributed by atoms with E-state index in [1.54, 1.807) is 7.11 Å². The summed E-state index contributed by atoms with van der Waals surface area (Å²) in [6.07, 6.45) is 0. The van der Waals surface area contributed by atoms with Gasteiger partial charge in [-0.05, 0) is 29.3 Å². The highest BCUT2D eigenvalue weighted by Crippen LogP contribution is 2.51. The summed E-state index contributed by atoms with van der Waals surface area (Å²) < 4.78 is 10.8. The van der Waals surface area contributed by atoms with E-state index >= 15 is 0 Å². The Hall–Kier alpha value is -1.30. The molecule has 6 heteroatoms. The third-order valence-corrected chi connectivity index (χ3v) is 6.50. The molecule has 1 aliphatic heterocycles. The van der Waals surface area contributed by atoms with Crippen LogP contribution in [0.3, 0.4) is 0 Å². The molecule has 1 heterocycles. The van der Waals surface area contributed by atoms with Crippen molar-refractivity contribution in [3.63, 3.8) is 0 Å². The van der Waals surface area contributed by atoms with Crippen molar-refractivity contribution in [1.82, 2.24) is 0 Å². The number of thioether (sulfide) groups is 2. The van der Waals surface area contributed by atoms with E-state index in [-0.39, 0.29) is 10.5 Å². The molecule has 1 unspecified atom stereocenters. The number of carbonyl (C=O) groups excluding carboxylic acids is 1. The molecule has 0 spiro atoms. The Balaban J connectivity index is 1.86. The summed E-state index contributed by atoms with van der Waals surface area (Å²) in [5, 5.41) is 0. The van der Waals surface area contributed by atoms with Crippen molar-refractivity contribution in [2.75, 3.05) is 13.0 Å². The lowest BCUT2D eigenvalue weighted by atomic mass is 10.2. The number of methoxy groups -OCH3 is 1. The number of alkyl halides is 1. The maximum Gasteiger partial charge on any atom is 0.326 e. The van der Waals surface area contributed by atoms with Gasteiger partial charge in [0.05, 0.1) is 11.7 Å². The van der Waals surface area contributed by atoms with E-state index in [0.29, 0.717) is 11.5 Å². The van der Waals surface area contributed by atoms with Crippen molar-refractivity contribution >= 4 is 41.1 Å². The van der Waals surface area contributed by atoms with Crippen LogP contribution in [0.5, 0.6) is 11.5 Å². The molecular formula is C17H15ClO3S2. The number of ether oxygens (including phenoxy) is 2. The first-order chi connectivity index (χ1) is 11.2. The van der Waals surface area contributed by atoms with Gasteiger partial charge >= 0.3 is 5.97 Å². The second kappa shape index (κ2) is 7.51. The number of halogens is 1. The monoisotopic (exact) mass is 366 g/mol. The van der Waals surface area contributed by atoms with Crippen molar-refractivity contribution in [2.24, 2.45) is 0 Å². The molecule has 0 radical (unpaired) electrons. The molecule has 0 fully saturated rings. The maximum absolute atomic E-state index is 11.5. The number of hydrogen-bond donors (Lipinski definition) is 0. The minimum atomic E-state index is -0.489. The van der Waals surface area contributed by atoms with Crippen LogP contribution in [0.1, 0.15) is 15.7 Å². The van der Waals surface area contributed by atoms with Crippen LogP contribution in [0.15, 0.2) is 47.4 Å². The SMILES string of the molecule is COc1ccc(C2SCc3ccccc3S2)cc1OC(=O)CCl. The molecule has 2 aromatic carbocycles. The molecule has 1 atom stereocenters. The third kappa shape index (κ3) is 3.79. The summed E-state index contributed by atoms with van der Waals surface area (Å²) in [5.41, 5.74) is 2.45. The first-order valence-corrected chi connectivity index (χ1v) is 9.48. The normalized spacial score (nSPS) is 16.5. The third-order valence-electron chi connectivity index (χ3n) is 3.39. The lowest BCUT2D eigenvalue weighted by Crippen LogP contribution is -2.10. The molecule has 0 aromatic heterocycles. The van der Waals surface area contributed by atoms with Gasteiger partial charge < -0.3 is 9.47 Å². The van der Waals surface area contributed by atoms with E-state index in [1.165, 1.54) is 10.5 Å². The van der Waals surface area contributed by atoms with Crippen molar-refractivity contribution in [2.45, 2.75) is 15.2 Å². The second-order valence-corrected chi connectivity index (χ2v) is 7.69. The molecule has 0 saturated heterocycles. The number of fused-ring (bicyclic) bond motifs is 1. The lowest BCUT2D eigenvalue weighted by Gasteiger charge is -2.24. The second-order valence-electron chi connectivity index (χ2n) is 4.89. The van der Waals surface area contributed by atoms with Crippen molar-refractivity contribution in [1.29, 1.82) is 0 Å². The number of hydrogen-bond acceptors (Lipinski definition) is 5. The molecule has 0 bridgehead atoms. The molecular weight excluding hydrogens is 352 g/mol. The van der Waals surface area contributed by atoms with Crippen LogP contribution in [-0.4, -0.2) is 19.0 Å². The topological polar surface area (TPSA) is 35.5 Å². The molecule has 0 aliphatic carbocycles. The van der Waals surface area contributed by atoms with Gasteiger partial charge in [0, 0.05) is 10.6 Å². The first-order valence-electron chi connectivity index (χ1n) is 7.02. The van der Waals surface area contributed by atoms with Crippen LogP contribution in [0.25, 0.3) is 0 Å². The van der Waals surface area contributed by atoms with Crippen molar-refractivity contribution < 1.29 is 14.3 Å². The fraction of sp³-hybridized carbons (Fsp3) is 0.235. The predicted octanol–water partition coefficient (Wildman–Crippen LogP) is 4.88. The Morgan fingerprint density at radius 2 is 2.09 bits per heavy atom. The molecule has 0 amide bonds. The van der Waals surface area contributed by atoms with Crippen LogP contribution in [0.4, 0.5) is 0 Å². The van der Waals surface area contributed by atoms with Gasteiger partial charge in [-0.2, -0.15) is 0 Å². The molecule has 3 nitrogen and oxygen atoms in total. The molecule has 2 aromatic rings. The Morgan fingerprint density at radius 1 is 1.26 bits per heavy atom. The highest BCUT2D eigenvalue weighted by molar-refractivity contribution is 8.16. The summed E-state index contributed by atoms with van der Waals surface area (Å²) in [6.45, 7) is 0. The maximum atomic E-state index is 11.5. The summed E-state index contributed by atoms with van der Waals surface area (Å²) in [5.74, 6) is 1.23. The highest BCUT2D eigenvalue weighted by atomic mass is 35.5. The van der Waals surface area contributed by atoms with Crippen LogP contribution in [-0.2, 0) is 10.5 Å². The fourth-order valence-electron chi connectivity index (χ4n) is 2.29. The Kier molecular flexibility index (Phi) is 5.41. The Labute approximate surface area is 148 Å². The summed E-state index contributed by atoms with van der Waals surface area (Å²) >= 11 is 9.19. The van der Waals surface area contributed by atoms with Crippen molar-refractivity contribution in [3.8, 4) is 11.5 Å². The number of carbonyl (C=O) groups is 1. The molecule has 120 valence electrons. The number of esters is 1. The van der Waals surface area contributed by atoms with Gasteiger partial charge in [0.2, 0.25) is 0 Å². The zero-order valence-corrected chi connectivity index (χ0v) is 14.8. The van der Waals surface area contributed by atoms with E-state index < -0.39 is 5.97 Å². The van der Waals surface area contributed by atoms with E-state index in [2.05, 4.69) is 24.3 Å². The Morgan fingerprint density at radius 3 is 2.87 bits per heavy atom. The molecule has 1 aliphatic rings. The average Bonchev–Trinajstić information content (AvgIpc) is 2.61. The van der Waals surface area contributed by atoms with E-state index in [0.717, 1.165) is 11.3 Å². The van der Waals surface area contributed by atoms with Gasteiger partial charge in [-0.3, -0.25) is 4.79 Å². The van der Waals surface area contributed by atoms with Crippen molar-refractivity contribution in [3.05, 3.63) is 53.6 Å². The molecule has 0 saturated carbocycles. The van der Waals surface area contributed by atoms with Gasteiger partial charge in [0.25, 0.3) is 0 Å². The minimum Gasteiger partial charge on any atom is -0.493 e. The van der Waals surface area contributed by atoms with Crippen LogP contribution >= 0.6 is 35.1 Å². The smallest absolute Gasteiger partial charge is 0.326 e.